The van der Waals surface area contributed by atoms with E-state index in [1.165, 1.54) is 6.26 Å². The maximum atomic E-state index is 8.71. The Kier molecular flexibility index (Phi) is 4.42. The first-order chi connectivity index (χ1) is 6.72. The molecule has 0 unspecified atom stereocenters. The van der Waals surface area contributed by atoms with Crippen LogP contribution in [0.2, 0.25) is 0 Å². The summed E-state index contributed by atoms with van der Waals surface area (Å²) in [6, 6.07) is 0. The molecular formula is C9H16N2O3. The number of hydrogen-bond acceptors (Lipinski definition) is 5. The van der Waals surface area contributed by atoms with E-state index in [0.717, 1.165) is 13.0 Å². The van der Waals surface area contributed by atoms with E-state index < -0.39 is 0 Å². The van der Waals surface area contributed by atoms with Crippen LogP contribution in [0.5, 0.6) is 6.08 Å². The molecule has 5 heteroatoms. The molecule has 1 N–H and O–H groups in total. The molecule has 0 atom stereocenters. The first kappa shape index (κ1) is 11.0. The largest absolute Gasteiger partial charge is 0.450 e. The normalized spacial score (nSPS) is 10.9. The van der Waals surface area contributed by atoms with Gasteiger partial charge in [-0.3, -0.25) is 0 Å². The summed E-state index contributed by atoms with van der Waals surface area (Å²) in [5.74, 6) is 0. The number of aliphatic hydroxyl groups is 1. The van der Waals surface area contributed by atoms with Crippen molar-refractivity contribution in [2.45, 2.75) is 13.0 Å². The van der Waals surface area contributed by atoms with E-state index in [4.69, 9.17) is 14.3 Å². The fraction of sp³-hybridized carbons (Fsp3) is 0.667. The van der Waals surface area contributed by atoms with Gasteiger partial charge in [-0.25, -0.2) is 0 Å². The third kappa shape index (κ3) is 3.76. The van der Waals surface area contributed by atoms with Crippen molar-refractivity contribution in [1.29, 1.82) is 0 Å². The van der Waals surface area contributed by atoms with Gasteiger partial charge in [-0.1, -0.05) is 0 Å². The number of ether oxygens (including phenoxy) is 1. The molecule has 1 aromatic heterocycles. The predicted octanol–water partition coefficient (Wildman–Crippen LogP) is 0.497. The van der Waals surface area contributed by atoms with Gasteiger partial charge in [0, 0.05) is 6.54 Å². The second kappa shape index (κ2) is 5.62. The van der Waals surface area contributed by atoms with Gasteiger partial charge in [0.05, 0.1) is 13.2 Å². The van der Waals surface area contributed by atoms with Crippen molar-refractivity contribution < 1.29 is 14.3 Å². The van der Waals surface area contributed by atoms with Crippen molar-refractivity contribution in [3.63, 3.8) is 0 Å². The maximum absolute atomic E-state index is 8.71. The lowest BCUT2D eigenvalue weighted by Crippen LogP contribution is -2.15. The number of aromatic nitrogens is 1. The van der Waals surface area contributed by atoms with Crippen LogP contribution >= 0.6 is 0 Å². The SMILES string of the molecule is CN(C)CCCOc1nc(CO)co1. The Morgan fingerprint density at radius 3 is 2.93 bits per heavy atom. The third-order valence-electron chi connectivity index (χ3n) is 1.67. The average molecular weight is 200 g/mol. The van der Waals surface area contributed by atoms with Crippen molar-refractivity contribution in [2.24, 2.45) is 0 Å². The van der Waals surface area contributed by atoms with Gasteiger partial charge in [0.1, 0.15) is 12.0 Å². The highest BCUT2D eigenvalue weighted by Gasteiger charge is 2.03. The van der Waals surface area contributed by atoms with Gasteiger partial charge in [-0.2, -0.15) is 4.98 Å². The zero-order valence-electron chi connectivity index (χ0n) is 8.56. The van der Waals surface area contributed by atoms with Gasteiger partial charge < -0.3 is 19.2 Å². The summed E-state index contributed by atoms with van der Waals surface area (Å²) in [6.45, 7) is 1.42. The van der Waals surface area contributed by atoms with Crippen LogP contribution in [0.4, 0.5) is 0 Å². The minimum absolute atomic E-state index is 0.120. The van der Waals surface area contributed by atoms with Crippen molar-refractivity contribution in [3.05, 3.63) is 12.0 Å². The van der Waals surface area contributed by atoms with Crippen LogP contribution in [0, 0.1) is 0 Å². The molecule has 0 spiro atoms. The molecule has 1 rings (SSSR count). The van der Waals surface area contributed by atoms with E-state index >= 15 is 0 Å². The maximum Gasteiger partial charge on any atom is 0.393 e. The Hall–Kier alpha value is -1.07. The molecule has 80 valence electrons. The summed E-state index contributed by atoms with van der Waals surface area (Å²) in [5.41, 5.74) is 0.493. The number of aliphatic hydroxyl groups excluding tert-OH is 1. The molecule has 0 fully saturated rings. The third-order valence-corrected chi connectivity index (χ3v) is 1.67. The smallest absolute Gasteiger partial charge is 0.393 e. The number of hydrogen-bond donors (Lipinski definition) is 1. The van der Waals surface area contributed by atoms with Gasteiger partial charge >= 0.3 is 6.08 Å². The Balaban J connectivity index is 2.18. The Labute approximate surface area is 83.3 Å². The molecular weight excluding hydrogens is 184 g/mol. The molecule has 0 aliphatic rings. The van der Waals surface area contributed by atoms with Crippen molar-refractivity contribution in [3.8, 4) is 6.08 Å². The first-order valence-electron chi connectivity index (χ1n) is 4.55. The van der Waals surface area contributed by atoms with Gasteiger partial charge in [0.15, 0.2) is 0 Å². The average Bonchev–Trinajstić information content (AvgIpc) is 2.60. The summed E-state index contributed by atoms with van der Waals surface area (Å²) in [5, 5.41) is 8.71. The molecule has 1 heterocycles. The molecule has 0 amide bonds. The quantitative estimate of drug-likeness (QED) is 0.677. The van der Waals surface area contributed by atoms with E-state index in [0.29, 0.717) is 12.3 Å². The summed E-state index contributed by atoms with van der Waals surface area (Å²) in [7, 11) is 4.02. The lowest BCUT2D eigenvalue weighted by molar-refractivity contribution is 0.215. The van der Waals surface area contributed by atoms with Crippen LogP contribution in [-0.2, 0) is 6.61 Å². The summed E-state index contributed by atoms with van der Waals surface area (Å²) in [6.07, 6.45) is 2.54. The van der Waals surface area contributed by atoms with Crippen LogP contribution in [0.25, 0.3) is 0 Å². The summed E-state index contributed by atoms with van der Waals surface area (Å²) in [4.78, 5) is 5.97. The molecule has 14 heavy (non-hydrogen) atoms. The molecule has 0 aliphatic carbocycles. The first-order valence-corrected chi connectivity index (χ1v) is 4.55. The van der Waals surface area contributed by atoms with E-state index in [1.54, 1.807) is 0 Å². The predicted molar refractivity (Wildman–Crippen MR) is 51.1 cm³/mol. The highest BCUT2D eigenvalue weighted by atomic mass is 16.6. The lowest BCUT2D eigenvalue weighted by atomic mass is 10.4. The molecule has 0 saturated carbocycles. The minimum atomic E-state index is -0.120. The number of nitrogens with zero attached hydrogens (tertiary/aromatic N) is 2. The monoisotopic (exact) mass is 200 g/mol. The van der Waals surface area contributed by atoms with Crippen molar-refractivity contribution in [2.75, 3.05) is 27.2 Å². The fourth-order valence-corrected chi connectivity index (χ4v) is 0.968. The molecule has 1 aromatic rings. The van der Waals surface area contributed by atoms with Gasteiger partial charge in [-0.05, 0) is 20.5 Å². The van der Waals surface area contributed by atoms with Crippen molar-refractivity contribution >= 4 is 0 Å². The zero-order valence-corrected chi connectivity index (χ0v) is 8.56. The molecule has 0 radical (unpaired) electrons. The second-order valence-electron chi connectivity index (χ2n) is 3.27. The van der Waals surface area contributed by atoms with Crippen LogP contribution in [0.1, 0.15) is 12.1 Å². The zero-order chi connectivity index (χ0) is 10.4. The topological polar surface area (TPSA) is 58.7 Å². The van der Waals surface area contributed by atoms with Crippen LogP contribution in [0.3, 0.4) is 0 Å². The Bertz CT molecular complexity index is 260. The number of oxazole rings is 1. The van der Waals surface area contributed by atoms with E-state index in [-0.39, 0.29) is 12.7 Å². The second-order valence-corrected chi connectivity index (χ2v) is 3.27. The molecule has 5 nitrogen and oxygen atoms in total. The molecule has 0 aromatic carbocycles. The van der Waals surface area contributed by atoms with Crippen LogP contribution in [0.15, 0.2) is 10.7 Å². The van der Waals surface area contributed by atoms with E-state index in [2.05, 4.69) is 9.88 Å². The highest BCUT2D eigenvalue weighted by Crippen LogP contribution is 2.09. The fourth-order valence-electron chi connectivity index (χ4n) is 0.968. The van der Waals surface area contributed by atoms with Crippen LogP contribution in [-0.4, -0.2) is 42.2 Å². The van der Waals surface area contributed by atoms with E-state index in [1.807, 2.05) is 14.1 Å². The van der Waals surface area contributed by atoms with Gasteiger partial charge in [0.2, 0.25) is 0 Å². The standard InChI is InChI=1S/C9H16N2O3/c1-11(2)4-3-5-13-9-10-8(6-12)7-14-9/h7,12H,3-6H2,1-2H3. The molecule has 0 aliphatic heterocycles. The highest BCUT2D eigenvalue weighted by molar-refractivity contribution is 4.97. The van der Waals surface area contributed by atoms with Gasteiger partial charge in [0.25, 0.3) is 0 Å². The minimum Gasteiger partial charge on any atom is -0.450 e. The number of rotatable bonds is 6. The van der Waals surface area contributed by atoms with Gasteiger partial charge in [-0.15, -0.1) is 0 Å². The lowest BCUT2D eigenvalue weighted by Gasteiger charge is -2.08. The van der Waals surface area contributed by atoms with Crippen molar-refractivity contribution in [1.82, 2.24) is 9.88 Å². The van der Waals surface area contributed by atoms with Crippen LogP contribution < -0.4 is 4.74 Å². The molecule has 0 bridgehead atoms. The van der Waals surface area contributed by atoms with E-state index in [9.17, 15) is 0 Å². The Morgan fingerprint density at radius 1 is 1.57 bits per heavy atom. The summed E-state index contributed by atoms with van der Waals surface area (Å²) >= 11 is 0. The summed E-state index contributed by atoms with van der Waals surface area (Å²) < 4.78 is 10.2. The molecule has 0 saturated heterocycles. The Morgan fingerprint density at radius 2 is 2.36 bits per heavy atom.